The number of fused-ring (bicyclic) bond motifs is 1. The van der Waals surface area contributed by atoms with Gasteiger partial charge in [-0.25, -0.2) is 0 Å². The van der Waals surface area contributed by atoms with Crippen molar-refractivity contribution < 1.29 is 14.3 Å². The molecular weight excluding hydrogens is 523 g/mol. The molecule has 0 aliphatic rings. The monoisotopic (exact) mass is 548 g/mol. The third kappa shape index (κ3) is 6.65. The molecule has 0 spiro atoms. The molecule has 3 aromatic carbocycles. The van der Waals surface area contributed by atoms with Crippen LogP contribution in [-0.2, 0) is 17.9 Å². The van der Waals surface area contributed by atoms with Crippen molar-refractivity contribution in [1.29, 1.82) is 5.26 Å². The molecule has 0 unspecified atom stereocenters. The second-order valence-electron chi connectivity index (χ2n) is 8.68. The van der Waals surface area contributed by atoms with E-state index in [2.05, 4.69) is 21.5 Å². The lowest BCUT2D eigenvalue weighted by Gasteiger charge is -2.17. The van der Waals surface area contributed by atoms with Gasteiger partial charge in [-0.1, -0.05) is 46.6 Å². The van der Waals surface area contributed by atoms with Crippen molar-refractivity contribution >= 4 is 51.7 Å². The van der Waals surface area contributed by atoms with Crippen LogP contribution in [-0.4, -0.2) is 24.4 Å². The third-order valence-corrected chi connectivity index (χ3v) is 6.29. The van der Waals surface area contributed by atoms with Gasteiger partial charge in [-0.15, -0.1) is 0 Å². The summed E-state index contributed by atoms with van der Waals surface area (Å²) >= 11 is 11.9. The number of pyridine rings is 1. The minimum atomic E-state index is -0.0185. The SMILES string of the molecule is COc1cc2c(Nc3ccc(CC=NOCc4ccc(Cl)c(Cl)c4)cc3)c(C#N)cnc2cc1OC(C)C. The molecule has 194 valence electrons. The van der Waals surface area contributed by atoms with Crippen LogP contribution in [0.1, 0.15) is 30.5 Å². The maximum Gasteiger partial charge on any atom is 0.163 e. The van der Waals surface area contributed by atoms with Crippen molar-refractivity contribution in [2.75, 3.05) is 12.4 Å². The fraction of sp³-hybridized carbons (Fsp3) is 0.207. The van der Waals surface area contributed by atoms with Crippen LogP contribution in [0.4, 0.5) is 11.4 Å². The smallest absolute Gasteiger partial charge is 0.163 e. The van der Waals surface area contributed by atoms with Crippen molar-refractivity contribution in [2.24, 2.45) is 5.16 Å². The van der Waals surface area contributed by atoms with Gasteiger partial charge in [-0.2, -0.15) is 5.26 Å². The Morgan fingerprint density at radius 2 is 1.79 bits per heavy atom. The maximum atomic E-state index is 9.71. The molecule has 0 fully saturated rings. The van der Waals surface area contributed by atoms with Gasteiger partial charge in [-0.05, 0) is 55.3 Å². The molecule has 1 N–H and O–H groups in total. The summed E-state index contributed by atoms with van der Waals surface area (Å²) in [6.07, 6.45) is 3.83. The van der Waals surface area contributed by atoms with E-state index in [0.717, 1.165) is 22.2 Å². The van der Waals surface area contributed by atoms with Gasteiger partial charge in [-0.3, -0.25) is 4.98 Å². The van der Waals surface area contributed by atoms with Crippen molar-refractivity contribution in [1.82, 2.24) is 4.98 Å². The van der Waals surface area contributed by atoms with E-state index in [1.807, 2.05) is 56.3 Å². The maximum absolute atomic E-state index is 9.71. The summed E-state index contributed by atoms with van der Waals surface area (Å²) in [4.78, 5) is 9.80. The average molecular weight is 549 g/mol. The minimum absolute atomic E-state index is 0.0185. The summed E-state index contributed by atoms with van der Waals surface area (Å²) in [5.41, 5.74) is 4.52. The molecule has 7 nitrogen and oxygen atoms in total. The highest BCUT2D eigenvalue weighted by Crippen LogP contribution is 2.37. The first kappa shape index (κ1) is 27.1. The minimum Gasteiger partial charge on any atom is -0.493 e. The summed E-state index contributed by atoms with van der Waals surface area (Å²) in [6, 6.07) is 19.1. The van der Waals surface area contributed by atoms with Crippen LogP contribution >= 0.6 is 23.2 Å². The lowest BCUT2D eigenvalue weighted by molar-refractivity contribution is 0.131. The first-order chi connectivity index (χ1) is 18.4. The van der Waals surface area contributed by atoms with E-state index in [9.17, 15) is 5.26 Å². The molecule has 1 heterocycles. The largest absolute Gasteiger partial charge is 0.493 e. The van der Waals surface area contributed by atoms with Gasteiger partial charge in [0.25, 0.3) is 0 Å². The van der Waals surface area contributed by atoms with E-state index in [1.165, 1.54) is 0 Å². The quantitative estimate of drug-likeness (QED) is 0.161. The number of nitrogens with zero attached hydrogens (tertiary/aromatic N) is 3. The summed E-state index contributed by atoms with van der Waals surface area (Å²) in [5, 5.41) is 18.8. The highest BCUT2D eigenvalue weighted by molar-refractivity contribution is 6.42. The Morgan fingerprint density at radius 1 is 1.03 bits per heavy atom. The van der Waals surface area contributed by atoms with Gasteiger partial charge in [0.05, 0.1) is 40.0 Å². The van der Waals surface area contributed by atoms with Gasteiger partial charge in [0, 0.05) is 36.0 Å². The number of methoxy groups -OCH3 is 1. The molecule has 38 heavy (non-hydrogen) atoms. The number of nitrogens with one attached hydrogen (secondary N) is 1. The highest BCUT2D eigenvalue weighted by Gasteiger charge is 2.15. The molecule has 0 bridgehead atoms. The van der Waals surface area contributed by atoms with Crippen LogP contribution in [0.15, 0.2) is 65.9 Å². The molecule has 0 aliphatic heterocycles. The predicted molar refractivity (Wildman–Crippen MR) is 152 cm³/mol. The summed E-state index contributed by atoms with van der Waals surface area (Å²) in [6.45, 7) is 4.19. The number of hydrogen-bond acceptors (Lipinski definition) is 7. The zero-order valence-electron chi connectivity index (χ0n) is 21.2. The number of nitriles is 1. The van der Waals surface area contributed by atoms with Crippen LogP contribution in [0.3, 0.4) is 0 Å². The van der Waals surface area contributed by atoms with Gasteiger partial charge in [0.15, 0.2) is 11.5 Å². The lowest BCUT2D eigenvalue weighted by Crippen LogP contribution is -2.07. The number of rotatable bonds is 10. The number of hydrogen-bond donors (Lipinski definition) is 1. The number of anilines is 2. The zero-order valence-corrected chi connectivity index (χ0v) is 22.7. The van der Waals surface area contributed by atoms with Crippen LogP contribution in [0.5, 0.6) is 11.5 Å². The van der Waals surface area contributed by atoms with Crippen LogP contribution < -0.4 is 14.8 Å². The predicted octanol–water partition coefficient (Wildman–Crippen LogP) is 7.70. The Kier molecular flexibility index (Phi) is 8.90. The van der Waals surface area contributed by atoms with E-state index < -0.39 is 0 Å². The normalized spacial score (nSPS) is 11.1. The van der Waals surface area contributed by atoms with Gasteiger partial charge >= 0.3 is 0 Å². The van der Waals surface area contributed by atoms with E-state index >= 15 is 0 Å². The van der Waals surface area contributed by atoms with E-state index in [-0.39, 0.29) is 6.10 Å². The van der Waals surface area contributed by atoms with Gasteiger partial charge in [0.1, 0.15) is 12.7 Å². The number of benzene rings is 3. The molecule has 0 aliphatic carbocycles. The molecule has 0 saturated heterocycles. The molecule has 0 amide bonds. The average Bonchev–Trinajstić information content (AvgIpc) is 2.91. The Balaban J connectivity index is 1.45. The van der Waals surface area contributed by atoms with Crippen molar-refractivity contribution in [3.63, 3.8) is 0 Å². The highest BCUT2D eigenvalue weighted by atomic mass is 35.5. The Hall–Kier alpha value is -3.99. The van der Waals surface area contributed by atoms with Crippen molar-refractivity contribution in [3.8, 4) is 17.6 Å². The first-order valence-corrected chi connectivity index (χ1v) is 12.6. The van der Waals surface area contributed by atoms with E-state index in [4.69, 9.17) is 37.5 Å². The molecule has 0 saturated carbocycles. The summed E-state index contributed by atoms with van der Waals surface area (Å²) in [7, 11) is 1.59. The summed E-state index contributed by atoms with van der Waals surface area (Å²) < 4.78 is 11.4. The number of oxime groups is 1. The Bertz CT molecular complexity index is 1500. The fourth-order valence-electron chi connectivity index (χ4n) is 3.73. The zero-order chi connectivity index (χ0) is 27.1. The number of halogens is 2. The van der Waals surface area contributed by atoms with E-state index in [1.54, 1.807) is 31.7 Å². The standard InChI is InChI=1S/C29H26Cl2N4O3/c1-18(2)38-28-14-26-23(13-27(28)36-3)29(21(15-32)16-33-26)35-22-7-4-19(5-8-22)10-11-34-37-17-20-6-9-24(30)25(31)12-20/h4-9,11-14,16,18H,10,17H2,1-3H3,(H,33,35). The van der Waals surface area contributed by atoms with Crippen LogP contribution in [0.25, 0.3) is 10.9 Å². The van der Waals surface area contributed by atoms with Crippen molar-refractivity contribution in [2.45, 2.75) is 33.0 Å². The molecule has 0 radical (unpaired) electrons. The fourth-order valence-corrected chi connectivity index (χ4v) is 4.05. The molecule has 4 aromatic rings. The number of aromatic nitrogens is 1. The summed E-state index contributed by atoms with van der Waals surface area (Å²) in [5.74, 6) is 1.17. The van der Waals surface area contributed by atoms with Crippen LogP contribution in [0.2, 0.25) is 10.0 Å². The van der Waals surface area contributed by atoms with Crippen molar-refractivity contribution in [3.05, 3.63) is 87.5 Å². The lowest BCUT2D eigenvalue weighted by atomic mass is 10.1. The second-order valence-corrected chi connectivity index (χ2v) is 9.50. The Labute approximate surface area is 231 Å². The Morgan fingerprint density at radius 3 is 2.47 bits per heavy atom. The second kappa shape index (κ2) is 12.5. The van der Waals surface area contributed by atoms with Crippen LogP contribution in [0, 0.1) is 11.3 Å². The molecule has 0 atom stereocenters. The topological polar surface area (TPSA) is 88.8 Å². The molecule has 9 heteroatoms. The third-order valence-electron chi connectivity index (χ3n) is 5.55. The van der Waals surface area contributed by atoms with E-state index in [0.29, 0.717) is 51.3 Å². The van der Waals surface area contributed by atoms with Gasteiger partial charge in [0.2, 0.25) is 0 Å². The molecule has 4 rings (SSSR count). The number of ether oxygens (including phenoxy) is 2. The molecule has 1 aromatic heterocycles. The molecular formula is C29H26Cl2N4O3. The first-order valence-electron chi connectivity index (χ1n) is 11.9. The van der Waals surface area contributed by atoms with Gasteiger partial charge < -0.3 is 19.6 Å².